The smallest absolute Gasteiger partial charge is 0.289 e. The number of carbonyl (C=O) groups is 1. The van der Waals surface area contributed by atoms with Crippen LogP contribution in [0.3, 0.4) is 0 Å². The summed E-state index contributed by atoms with van der Waals surface area (Å²) in [5.74, 6) is 0.862. The van der Waals surface area contributed by atoms with E-state index in [-0.39, 0.29) is 48.6 Å². The van der Waals surface area contributed by atoms with Crippen molar-refractivity contribution in [1.82, 2.24) is 9.21 Å². The Kier molecular flexibility index (Phi) is 5.55. The Bertz CT molecular complexity index is 1280. The van der Waals surface area contributed by atoms with Gasteiger partial charge in [0.25, 0.3) is 5.91 Å². The van der Waals surface area contributed by atoms with Crippen molar-refractivity contribution in [3.8, 4) is 22.8 Å². The van der Waals surface area contributed by atoms with Gasteiger partial charge in [-0.1, -0.05) is 0 Å². The number of hydrogen-bond acceptors (Lipinski definition) is 6. The standard InChI is InChI=1S/C23H21FN2O6S/c24-17-3-1-16(2-4-17)19-7-8-21(32-19)23(27)25-9-11-26(12-10-25)33(28,29)18-5-6-20-22(15-18)31-14-13-30-20/h1-8,15H,9-14H2. The van der Waals surface area contributed by atoms with Crippen LogP contribution in [0.5, 0.6) is 11.5 Å². The summed E-state index contributed by atoms with van der Waals surface area (Å²) >= 11 is 0. The third-order valence-electron chi connectivity index (χ3n) is 5.62. The van der Waals surface area contributed by atoms with Gasteiger partial charge in [-0.2, -0.15) is 4.31 Å². The van der Waals surface area contributed by atoms with Gasteiger partial charge in [0.05, 0.1) is 4.90 Å². The minimum Gasteiger partial charge on any atom is -0.486 e. The van der Waals surface area contributed by atoms with Crippen LogP contribution in [-0.2, 0) is 10.0 Å². The zero-order chi connectivity index (χ0) is 23.0. The van der Waals surface area contributed by atoms with Crippen LogP contribution in [0, 0.1) is 5.82 Å². The minimum atomic E-state index is -3.74. The van der Waals surface area contributed by atoms with Crippen molar-refractivity contribution in [2.75, 3.05) is 39.4 Å². The molecular weight excluding hydrogens is 451 g/mol. The molecule has 3 aromatic rings. The van der Waals surface area contributed by atoms with Gasteiger partial charge >= 0.3 is 0 Å². The van der Waals surface area contributed by atoms with Gasteiger partial charge in [-0.25, -0.2) is 12.8 Å². The number of sulfonamides is 1. The first-order chi connectivity index (χ1) is 15.9. The zero-order valence-electron chi connectivity index (χ0n) is 17.6. The van der Waals surface area contributed by atoms with Gasteiger partial charge in [0.15, 0.2) is 17.3 Å². The number of ether oxygens (including phenoxy) is 2. The van der Waals surface area contributed by atoms with Crippen LogP contribution in [0.4, 0.5) is 4.39 Å². The number of carbonyl (C=O) groups excluding carboxylic acids is 1. The molecular formula is C23H21FN2O6S. The molecule has 2 aromatic carbocycles. The summed E-state index contributed by atoms with van der Waals surface area (Å²) in [5.41, 5.74) is 0.658. The molecule has 2 aliphatic rings. The number of fused-ring (bicyclic) bond motifs is 1. The highest BCUT2D eigenvalue weighted by Crippen LogP contribution is 2.33. The SMILES string of the molecule is O=C(c1ccc(-c2ccc(F)cc2)o1)N1CCN(S(=O)(=O)c2ccc3c(c2)OCCO3)CC1. The number of halogens is 1. The minimum absolute atomic E-state index is 0.126. The Morgan fingerprint density at radius 3 is 2.27 bits per heavy atom. The first kappa shape index (κ1) is 21.5. The first-order valence-electron chi connectivity index (χ1n) is 10.5. The largest absolute Gasteiger partial charge is 0.486 e. The number of rotatable bonds is 4. The highest BCUT2D eigenvalue weighted by atomic mass is 32.2. The average molecular weight is 472 g/mol. The van der Waals surface area contributed by atoms with Gasteiger partial charge in [-0.15, -0.1) is 0 Å². The first-order valence-corrected chi connectivity index (χ1v) is 11.9. The summed E-state index contributed by atoms with van der Waals surface area (Å²) in [6.45, 7) is 1.58. The van der Waals surface area contributed by atoms with E-state index >= 15 is 0 Å². The molecule has 0 N–H and O–H groups in total. The molecule has 1 aromatic heterocycles. The van der Waals surface area contributed by atoms with E-state index in [9.17, 15) is 17.6 Å². The molecule has 0 atom stereocenters. The molecule has 3 heterocycles. The Morgan fingerprint density at radius 1 is 0.848 bits per heavy atom. The van der Waals surface area contributed by atoms with Crippen LogP contribution >= 0.6 is 0 Å². The van der Waals surface area contributed by atoms with Gasteiger partial charge in [-0.05, 0) is 48.5 Å². The van der Waals surface area contributed by atoms with E-state index in [1.807, 2.05) is 0 Å². The van der Waals surface area contributed by atoms with Gasteiger partial charge < -0.3 is 18.8 Å². The van der Waals surface area contributed by atoms with Crippen LogP contribution in [0.1, 0.15) is 10.6 Å². The fourth-order valence-electron chi connectivity index (χ4n) is 3.84. The van der Waals surface area contributed by atoms with E-state index in [1.165, 1.54) is 28.6 Å². The van der Waals surface area contributed by atoms with Crippen molar-refractivity contribution in [2.24, 2.45) is 0 Å². The van der Waals surface area contributed by atoms with Crippen LogP contribution in [0.2, 0.25) is 0 Å². The molecule has 33 heavy (non-hydrogen) atoms. The summed E-state index contributed by atoms with van der Waals surface area (Å²) in [6, 6.07) is 13.6. The molecule has 10 heteroatoms. The van der Waals surface area contributed by atoms with Crippen molar-refractivity contribution in [1.29, 1.82) is 0 Å². The molecule has 5 rings (SSSR count). The number of nitrogens with zero attached hydrogens (tertiary/aromatic N) is 2. The summed E-state index contributed by atoms with van der Waals surface area (Å²) < 4.78 is 57.3. The lowest BCUT2D eigenvalue weighted by molar-refractivity contribution is 0.0667. The molecule has 172 valence electrons. The number of amides is 1. The van der Waals surface area contributed by atoms with E-state index in [0.29, 0.717) is 36.0 Å². The number of furan rings is 1. The lowest BCUT2D eigenvalue weighted by atomic mass is 10.2. The van der Waals surface area contributed by atoms with Gasteiger partial charge in [0.1, 0.15) is 24.8 Å². The van der Waals surface area contributed by atoms with Crippen molar-refractivity contribution in [3.63, 3.8) is 0 Å². The second-order valence-corrected chi connectivity index (χ2v) is 9.61. The van der Waals surface area contributed by atoms with Gasteiger partial charge in [-0.3, -0.25) is 4.79 Å². The van der Waals surface area contributed by atoms with E-state index in [4.69, 9.17) is 13.9 Å². The molecule has 0 radical (unpaired) electrons. The molecule has 0 spiro atoms. The number of hydrogen-bond donors (Lipinski definition) is 0. The topological polar surface area (TPSA) is 89.3 Å². The Hall–Kier alpha value is -3.37. The van der Waals surface area contributed by atoms with Crippen molar-refractivity contribution >= 4 is 15.9 Å². The van der Waals surface area contributed by atoms with Crippen molar-refractivity contribution < 1.29 is 31.5 Å². The Balaban J connectivity index is 1.25. The van der Waals surface area contributed by atoms with Crippen LogP contribution < -0.4 is 9.47 Å². The third kappa shape index (κ3) is 4.19. The summed E-state index contributed by atoms with van der Waals surface area (Å²) in [6.07, 6.45) is 0. The van der Waals surface area contributed by atoms with Crippen molar-refractivity contribution in [2.45, 2.75) is 4.90 Å². The van der Waals surface area contributed by atoms with Crippen LogP contribution in [0.25, 0.3) is 11.3 Å². The van der Waals surface area contributed by atoms with E-state index in [1.54, 1.807) is 35.2 Å². The molecule has 0 unspecified atom stereocenters. The Morgan fingerprint density at radius 2 is 1.55 bits per heavy atom. The molecule has 8 nitrogen and oxygen atoms in total. The maximum Gasteiger partial charge on any atom is 0.289 e. The number of benzene rings is 2. The fourth-order valence-corrected chi connectivity index (χ4v) is 5.28. The van der Waals surface area contributed by atoms with E-state index in [0.717, 1.165) is 0 Å². The lowest BCUT2D eigenvalue weighted by Gasteiger charge is -2.33. The van der Waals surface area contributed by atoms with E-state index < -0.39 is 10.0 Å². The number of piperazine rings is 1. The quantitative estimate of drug-likeness (QED) is 0.580. The fraction of sp³-hybridized carbons (Fsp3) is 0.261. The van der Waals surface area contributed by atoms with Gasteiger partial charge in [0.2, 0.25) is 10.0 Å². The van der Waals surface area contributed by atoms with Crippen LogP contribution in [-0.4, -0.2) is 62.9 Å². The second-order valence-electron chi connectivity index (χ2n) is 7.67. The highest BCUT2D eigenvalue weighted by Gasteiger charge is 2.32. The molecule has 1 amide bonds. The maximum atomic E-state index is 13.1. The molecule has 1 saturated heterocycles. The third-order valence-corrected chi connectivity index (χ3v) is 7.52. The predicted molar refractivity (Wildman–Crippen MR) is 116 cm³/mol. The summed E-state index contributed by atoms with van der Waals surface area (Å²) in [4.78, 5) is 14.5. The summed E-state index contributed by atoms with van der Waals surface area (Å²) in [5, 5.41) is 0. The molecule has 0 bridgehead atoms. The van der Waals surface area contributed by atoms with Crippen molar-refractivity contribution in [3.05, 3.63) is 66.2 Å². The molecule has 2 aliphatic heterocycles. The monoisotopic (exact) mass is 472 g/mol. The van der Waals surface area contributed by atoms with Gasteiger partial charge in [0, 0.05) is 37.8 Å². The van der Waals surface area contributed by atoms with E-state index in [2.05, 4.69) is 0 Å². The lowest BCUT2D eigenvalue weighted by Crippen LogP contribution is -2.50. The maximum absolute atomic E-state index is 13.1. The second kappa shape index (κ2) is 8.53. The Labute approximate surface area is 190 Å². The zero-order valence-corrected chi connectivity index (χ0v) is 18.4. The van der Waals surface area contributed by atoms with Crippen LogP contribution in [0.15, 0.2) is 63.9 Å². The highest BCUT2D eigenvalue weighted by molar-refractivity contribution is 7.89. The molecule has 0 saturated carbocycles. The molecule has 1 fully saturated rings. The average Bonchev–Trinajstić information content (AvgIpc) is 3.34. The normalized spacial score (nSPS) is 16.6. The molecule has 0 aliphatic carbocycles. The predicted octanol–water partition coefficient (Wildman–Crippen LogP) is 3.00. The summed E-state index contributed by atoms with van der Waals surface area (Å²) in [7, 11) is -3.74.